The summed E-state index contributed by atoms with van der Waals surface area (Å²) in [6, 6.07) is 2.05. The highest BCUT2D eigenvalue weighted by molar-refractivity contribution is 5.09. The Morgan fingerprint density at radius 1 is 1.20 bits per heavy atom. The van der Waals surface area contributed by atoms with Gasteiger partial charge in [-0.1, -0.05) is 13.8 Å². The molecule has 5 rings (SSSR count). The maximum Gasteiger partial charge on any atom is 0.345 e. The predicted octanol–water partition coefficient (Wildman–Crippen LogP) is 3.66. The third-order valence-electron chi connectivity index (χ3n) is 6.78. The number of hydrogen-bond acceptors (Lipinski definition) is 3. The van der Waals surface area contributed by atoms with E-state index in [0.29, 0.717) is 11.3 Å². The first-order valence-electron chi connectivity index (χ1n) is 10.3. The van der Waals surface area contributed by atoms with Crippen LogP contribution in [-0.4, -0.2) is 16.5 Å². The fraction of sp³-hybridized carbons (Fsp3) is 0.810. The van der Waals surface area contributed by atoms with Crippen LogP contribution in [0.1, 0.15) is 70.2 Å². The van der Waals surface area contributed by atoms with Gasteiger partial charge in [0.05, 0.1) is 0 Å². The SMILES string of the molecule is CC(C)Cc1cc(CNCCC23CC4CC(CC(C4)C2)C3)[nH]c(=O)n1. The zero-order chi connectivity index (χ0) is 17.4. The third-order valence-corrected chi connectivity index (χ3v) is 6.78. The zero-order valence-electron chi connectivity index (χ0n) is 15.8. The second-order valence-electron chi connectivity index (χ2n) is 9.65. The zero-order valence-corrected chi connectivity index (χ0v) is 15.8. The van der Waals surface area contributed by atoms with Gasteiger partial charge in [0.15, 0.2) is 0 Å². The van der Waals surface area contributed by atoms with Crippen LogP contribution in [0.15, 0.2) is 10.9 Å². The molecule has 1 aromatic rings. The summed E-state index contributed by atoms with van der Waals surface area (Å²) in [5.74, 6) is 3.61. The smallest absolute Gasteiger partial charge is 0.311 e. The molecule has 4 heteroatoms. The molecule has 1 aromatic heterocycles. The van der Waals surface area contributed by atoms with E-state index in [9.17, 15) is 4.79 Å². The molecule has 4 saturated carbocycles. The van der Waals surface area contributed by atoms with Crippen molar-refractivity contribution < 1.29 is 0 Å². The van der Waals surface area contributed by atoms with Crippen molar-refractivity contribution in [2.45, 2.75) is 71.8 Å². The van der Waals surface area contributed by atoms with E-state index in [0.717, 1.165) is 48.7 Å². The highest BCUT2D eigenvalue weighted by atomic mass is 16.1. The van der Waals surface area contributed by atoms with Crippen LogP contribution in [0.2, 0.25) is 0 Å². The minimum absolute atomic E-state index is 0.212. The molecule has 1 heterocycles. The number of aromatic amines is 1. The third kappa shape index (κ3) is 3.99. The first-order chi connectivity index (χ1) is 12.0. The van der Waals surface area contributed by atoms with Crippen molar-refractivity contribution in [2.75, 3.05) is 6.54 Å². The fourth-order valence-electron chi connectivity index (χ4n) is 6.36. The maximum absolute atomic E-state index is 11.8. The molecule has 2 N–H and O–H groups in total. The fourth-order valence-corrected chi connectivity index (χ4v) is 6.36. The molecule has 0 aliphatic heterocycles. The molecule has 4 aliphatic carbocycles. The van der Waals surface area contributed by atoms with Gasteiger partial charge in [0, 0.05) is 17.9 Å². The molecule has 138 valence electrons. The van der Waals surface area contributed by atoms with E-state index in [1.165, 1.54) is 44.9 Å². The topological polar surface area (TPSA) is 57.8 Å². The average Bonchev–Trinajstić information content (AvgIpc) is 2.49. The van der Waals surface area contributed by atoms with E-state index in [2.05, 4.69) is 35.2 Å². The van der Waals surface area contributed by atoms with Gasteiger partial charge in [0.2, 0.25) is 0 Å². The summed E-state index contributed by atoms with van der Waals surface area (Å²) in [5.41, 5.74) is 2.31. The van der Waals surface area contributed by atoms with E-state index in [1.54, 1.807) is 0 Å². The lowest BCUT2D eigenvalue weighted by atomic mass is 9.49. The monoisotopic (exact) mass is 343 g/mol. The molecule has 0 amide bonds. The number of hydrogen-bond donors (Lipinski definition) is 2. The summed E-state index contributed by atoms with van der Waals surface area (Å²) in [7, 11) is 0. The Balaban J connectivity index is 1.30. The van der Waals surface area contributed by atoms with Crippen LogP contribution >= 0.6 is 0 Å². The van der Waals surface area contributed by atoms with Crippen LogP contribution in [-0.2, 0) is 13.0 Å². The highest BCUT2D eigenvalue weighted by Crippen LogP contribution is 2.61. The minimum Gasteiger partial charge on any atom is -0.311 e. The quantitative estimate of drug-likeness (QED) is 0.743. The molecular formula is C21H33N3O. The summed E-state index contributed by atoms with van der Waals surface area (Å²) in [6.45, 7) is 6.13. The highest BCUT2D eigenvalue weighted by Gasteiger charge is 2.50. The standard InChI is InChI=1S/C21H33N3O/c1-14(2)5-18-9-19(24-20(25)23-18)13-22-4-3-21-10-15-6-16(11-21)8-17(7-15)12-21/h9,14-17,22H,3-8,10-13H2,1-2H3,(H,23,24,25). The number of rotatable bonds is 7. The second kappa shape index (κ2) is 6.86. The summed E-state index contributed by atoms with van der Waals surface area (Å²) < 4.78 is 0. The summed E-state index contributed by atoms with van der Waals surface area (Å²) in [5, 5.41) is 3.59. The van der Waals surface area contributed by atoms with Crippen LogP contribution in [0.25, 0.3) is 0 Å². The largest absolute Gasteiger partial charge is 0.345 e. The number of nitrogens with one attached hydrogen (secondary N) is 2. The van der Waals surface area contributed by atoms with E-state index >= 15 is 0 Å². The molecule has 0 atom stereocenters. The van der Waals surface area contributed by atoms with Crippen LogP contribution in [0.3, 0.4) is 0 Å². The Morgan fingerprint density at radius 2 is 1.84 bits per heavy atom. The number of nitrogens with zero attached hydrogens (tertiary/aromatic N) is 1. The van der Waals surface area contributed by atoms with Crippen LogP contribution in [0, 0.1) is 29.1 Å². The molecule has 0 saturated heterocycles. The van der Waals surface area contributed by atoms with Crippen molar-refractivity contribution in [3.63, 3.8) is 0 Å². The lowest BCUT2D eigenvalue weighted by Crippen LogP contribution is -2.47. The van der Waals surface area contributed by atoms with Gasteiger partial charge in [-0.05, 0) is 93.1 Å². The van der Waals surface area contributed by atoms with Crippen molar-refractivity contribution in [3.8, 4) is 0 Å². The molecule has 4 bridgehead atoms. The molecule has 4 aliphatic rings. The molecule has 4 fully saturated rings. The van der Waals surface area contributed by atoms with E-state index in [1.807, 2.05) is 0 Å². The lowest BCUT2D eigenvalue weighted by molar-refractivity contribution is -0.0567. The molecule has 0 radical (unpaired) electrons. The average molecular weight is 344 g/mol. The van der Waals surface area contributed by atoms with Crippen LogP contribution in [0.4, 0.5) is 0 Å². The Labute approximate surface area is 151 Å². The van der Waals surface area contributed by atoms with Gasteiger partial charge in [0.1, 0.15) is 0 Å². The van der Waals surface area contributed by atoms with Gasteiger partial charge in [-0.25, -0.2) is 4.79 Å². The van der Waals surface area contributed by atoms with Gasteiger partial charge < -0.3 is 10.3 Å². The van der Waals surface area contributed by atoms with Crippen LogP contribution in [0.5, 0.6) is 0 Å². The van der Waals surface area contributed by atoms with Gasteiger partial charge in [-0.2, -0.15) is 4.98 Å². The number of H-pyrrole nitrogens is 1. The molecular weight excluding hydrogens is 310 g/mol. The van der Waals surface area contributed by atoms with Crippen molar-refractivity contribution >= 4 is 0 Å². The maximum atomic E-state index is 11.8. The first-order valence-corrected chi connectivity index (χ1v) is 10.3. The normalized spacial score (nSPS) is 33.3. The van der Waals surface area contributed by atoms with Crippen molar-refractivity contribution in [2.24, 2.45) is 29.1 Å². The van der Waals surface area contributed by atoms with Crippen molar-refractivity contribution in [1.29, 1.82) is 0 Å². The molecule has 4 nitrogen and oxygen atoms in total. The summed E-state index contributed by atoms with van der Waals surface area (Å²) in [4.78, 5) is 18.7. The predicted molar refractivity (Wildman–Crippen MR) is 100 cm³/mol. The second-order valence-corrected chi connectivity index (χ2v) is 9.65. The number of aromatic nitrogens is 2. The molecule has 0 unspecified atom stereocenters. The summed E-state index contributed by atoms with van der Waals surface area (Å²) >= 11 is 0. The van der Waals surface area contributed by atoms with Gasteiger partial charge in [0.25, 0.3) is 0 Å². The van der Waals surface area contributed by atoms with E-state index in [-0.39, 0.29) is 5.69 Å². The van der Waals surface area contributed by atoms with Gasteiger partial charge in [-0.3, -0.25) is 0 Å². The molecule has 0 aromatic carbocycles. The van der Waals surface area contributed by atoms with Crippen molar-refractivity contribution in [1.82, 2.24) is 15.3 Å². The first kappa shape index (κ1) is 17.3. The van der Waals surface area contributed by atoms with Crippen LogP contribution < -0.4 is 11.0 Å². The Hall–Kier alpha value is -1.16. The lowest BCUT2D eigenvalue weighted by Gasteiger charge is -2.57. The van der Waals surface area contributed by atoms with E-state index in [4.69, 9.17) is 0 Å². The molecule has 0 spiro atoms. The molecule has 25 heavy (non-hydrogen) atoms. The summed E-state index contributed by atoms with van der Waals surface area (Å²) in [6.07, 6.45) is 11.2. The van der Waals surface area contributed by atoms with E-state index < -0.39 is 0 Å². The Bertz CT molecular complexity index is 628. The Kier molecular flexibility index (Phi) is 4.74. The van der Waals surface area contributed by atoms with Gasteiger partial charge in [-0.15, -0.1) is 0 Å². The Morgan fingerprint density at radius 3 is 2.44 bits per heavy atom. The van der Waals surface area contributed by atoms with Crippen molar-refractivity contribution in [3.05, 3.63) is 27.9 Å². The minimum atomic E-state index is -0.212. The van der Waals surface area contributed by atoms with Gasteiger partial charge >= 0.3 is 5.69 Å².